The van der Waals surface area contributed by atoms with Crippen LogP contribution >= 0.6 is 11.8 Å². The Morgan fingerprint density at radius 3 is 3.05 bits per heavy atom. The molecule has 1 aromatic carbocycles. The van der Waals surface area contributed by atoms with Gasteiger partial charge in [0, 0.05) is 17.2 Å². The molecule has 110 valence electrons. The molecule has 2 aromatic rings. The van der Waals surface area contributed by atoms with Gasteiger partial charge in [-0.05, 0) is 19.1 Å². The molecule has 0 spiro atoms. The van der Waals surface area contributed by atoms with E-state index in [1.54, 1.807) is 29.8 Å². The van der Waals surface area contributed by atoms with Crippen LogP contribution in [0.4, 0.5) is 5.69 Å². The van der Waals surface area contributed by atoms with Crippen molar-refractivity contribution < 1.29 is 9.90 Å². The van der Waals surface area contributed by atoms with E-state index in [9.17, 15) is 9.90 Å². The van der Waals surface area contributed by atoms with E-state index in [0.717, 1.165) is 16.3 Å². The molecule has 1 N–H and O–H groups in total. The second-order valence-electron chi connectivity index (χ2n) is 4.88. The van der Waals surface area contributed by atoms with Crippen molar-refractivity contribution in [3.63, 3.8) is 0 Å². The molecule has 0 bridgehead atoms. The number of fused-ring (bicyclic) bond motifs is 1. The van der Waals surface area contributed by atoms with Gasteiger partial charge in [-0.2, -0.15) is 0 Å². The number of amides is 1. The van der Waals surface area contributed by atoms with E-state index < -0.39 is 6.10 Å². The number of para-hydroxylation sites is 1. The fourth-order valence-electron chi connectivity index (χ4n) is 2.23. The van der Waals surface area contributed by atoms with Gasteiger partial charge in [0.25, 0.3) is 0 Å². The molecule has 0 aliphatic carbocycles. The summed E-state index contributed by atoms with van der Waals surface area (Å²) in [7, 11) is 0. The minimum absolute atomic E-state index is 0.0233. The van der Waals surface area contributed by atoms with Crippen LogP contribution in [0.1, 0.15) is 18.7 Å². The summed E-state index contributed by atoms with van der Waals surface area (Å²) in [5.74, 6) is 0.865. The molecular weight excluding hydrogens is 288 g/mol. The molecule has 0 fully saturated rings. The van der Waals surface area contributed by atoms with Crippen LogP contribution in [0, 0.1) is 0 Å². The molecule has 1 atom stereocenters. The summed E-state index contributed by atoms with van der Waals surface area (Å²) in [5, 5.41) is 17.2. The zero-order chi connectivity index (χ0) is 14.8. The maximum atomic E-state index is 12.5. The van der Waals surface area contributed by atoms with Gasteiger partial charge in [-0.25, -0.2) is 4.68 Å². The van der Waals surface area contributed by atoms with E-state index in [2.05, 4.69) is 10.3 Å². The predicted molar refractivity (Wildman–Crippen MR) is 80.2 cm³/mol. The van der Waals surface area contributed by atoms with Gasteiger partial charge in [-0.3, -0.25) is 4.79 Å². The van der Waals surface area contributed by atoms with Gasteiger partial charge in [0.05, 0.1) is 18.0 Å². The zero-order valence-electron chi connectivity index (χ0n) is 11.6. The van der Waals surface area contributed by atoms with Gasteiger partial charge in [0.2, 0.25) is 5.91 Å². The summed E-state index contributed by atoms with van der Waals surface area (Å²) in [4.78, 5) is 15.4. The highest BCUT2D eigenvalue weighted by Crippen LogP contribution is 2.34. The van der Waals surface area contributed by atoms with Crippen molar-refractivity contribution in [2.75, 3.05) is 17.2 Å². The first-order chi connectivity index (χ1) is 10.1. The van der Waals surface area contributed by atoms with Crippen LogP contribution < -0.4 is 4.90 Å². The van der Waals surface area contributed by atoms with Crippen LogP contribution in [0.25, 0.3) is 0 Å². The molecule has 1 aliphatic rings. The smallest absolute Gasteiger partial charge is 0.248 e. The second kappa shape index (κ2) is 5.87. The third-order valence-corrected chi connectivity index (χ3v) is 4.35. The number of benzene rings is 1. The molecule has 1 aliphatic heterocycles. The van der Waals surface area contributed by atoms with E-state index in [0.29, 0.717) is 12.2 Å². The number of thioether (sulfide) groups is 1. The Labute approximate surface area is 126 Å². The van der Waals surface area contributed by atoms with Crippen LogP contribution in [0.2, 0.25) is 0 Å². The van der Waals surface area contributed by atoms with E-state index in [1.807, 2.05) is 24.3 Å². The number of aromatic nitrogens is 3. The first-order valence-electron chi connectivity index (χ1n) is 6.75. The topological polar surface area (TPSA) is 71.2 Å². The van der Waals surface area contributed by atoms with Gasteiger partial charge in [0.15, 0.2) is 0 Å². The van der Waals surface area contributed by atoms with Crippen molar-refractivity contribution in [3.8, 4) is 0 Å². The summed E-state index contributed by atoms with van der Waals surface area (Å²) < 4.78 is 1.47. The molecule has 6 nitrogen and oxygen atoms in total. The lowest BCUT2D eigenvalue weighted by Crippen LogP contribution is -2.37. The van der Waals surface area contributed by atoms with Gasteiger partial charge >= 0.3 is 0 Å². The maximum Gasteiger partial charge on any atom is 0.248 e. The highest BCUT2D eigenvalue weighted by Gasteiger charge is 2.23. The van der Waals surface area contributed by atoms with Gasteiger partial charge in [-0.15, -0.1) is 16.9 Å². The number of rotatable bonds is 3. The maximum absolute atomic E-state index is 12.5. The highest BCUT2D eigenvalue weighted by atomic mass is 32.2. The molecule has 0 radical (unpaired) electrons. The molecule has 1 aromatic heterocycles. The summed E-state index contributed by atoms with van der Waals surface area (Å²) in [6.07, 6.45) is 0.925. The molecule has 1 unspecified atom stereocenters. The first kappa shape index (κ1) is 14.1. The number of nitrogens with zero attached hydrogens (tertiary/aromatic N) is 4. The Kier molecular flexibility index (Phi) is 3.94. The van der Waals surface area contributed by atoms with Crippen LogP contribution in [-0.2, 0) is 11.3 Å². The predicted octanol–water partition coefficient (Wildman–Crippen LogP) is 1.47. The van der Waals surface area contributed by atoms with Crippen molar-refractivity contribution >= 4 is 23.4 Å². The van der Waals surface area contributed by atoms with Gasteiger partial charge in [-0.1, -0.05) is 17.3 Å². The SMILES string of the molecule is CC(O)c1cn(CC(=O)N2CCSc3ccccc32)nn1. The molecular formula is C14H16N4O2S. The zero-order valence-corrected chi connectivity index (χ0v) is 12.5. The van der Waals surface area contributed by atoms with Gasteiger partial charge < -0.3 is 10.0 Å². The lowest BCUT2D eigenvalue weighted by atomic mass is 10.2. The van der Waals surface area contributed by atoms with Crippen molar-refractivity contribution in [3.05, 3.63) is 36.2 Å². The number of aliphatic hydroxyl groups excluding tert-OH is 1. The van der Waals surface area contributed by atoms with Crippen molar-refractivity contribution in [1.29, 1.82) is 0 Å². The highest BCUT2D eigenvalue weighted by molar-refractivity contribution is 7.99. The minimum atomic E-state index is -0.680. The lowest BCUT2D eigenvalue weighted by Gasteiger charge is -2.28. The molecule has 0 saturated heterocycles. The Hall–Kier alpha value is -1.86. The molecule has 1 amide bonds. The average molecular weight is 304 g/mol. The second-order valence-corrected chi connectivity index (χ2v) is 6.02. The average Bonchev–Trinajstić information content (AvgIpc) is 2.95. The van der Waals surface area contributed by atoms with Crippen molar-refractivity contribution in [2.24, 2.45) is 0 Å². The number of hydrogen-bond donors (Lipinski definition) is 1. The molecule has 0 saturated carbocycles. The number of carbonyl (C=O) groups excluding carboxylic acids is 1. The van der Waals surface area contributed by atoms with Crippen LogP contribution in [0.3, 0.4) is 0 Å². The molecule has 2 heterocycles. The minimum Gasteiger partial charge on any atom is -0.387 e. The Bertz CT molecular complexity index is 656. The third kappa shape index (κ3) is 2.93. The first-order valence-corrected chi connectivity index (χ1v) is 7.74. The van der Waals surface area contributed by atoms with E-state index in [4.69, 9.17) is 0 Å². The lowest BCUT2D eigenvalue weighted by molar-refractivity contribution is -0.119. The van der Waals surface area contributed by atoms with Crippen LogP contribution in [-0.4, -0.2) is 38.3 Å². The molecule has 3 rings (SSSR count). The van der Waals surface area contributed by atoms with E-state index in [-0.39, 0.29) is 12.5 Å². The normalized spacial score (nSPS) is 15.6. The largest absolute Gasteiger partial charge is 0.387 e. The van der Waals surface area contributed by atoms with E-state index in [1.165, 1.54) is 4.68 Å². The van der Waals surface area contributed by atoms with Crippen molar-refractivity contribution in [1.82, 2.24) is 15.0 Å². The number of hydrogen-bond acceptors (Lipinski definition) is 5. The van der Waals surface area contributed by atoms with E-state index >= 15 is 0 Å². The summed E-state index contributed by atoms with van der Waals surface area (Å²) in [5.41, 5.74) is 1.42. The third-order valence-electron chi connectivity index (χ3n) is 3.31. The van der Waals surface area contributed by atoms with Crippen LogP contribution in [0.5, 0.6) is 0 Å². The monoisotopic (exact) mass is 304 g/mol. The summed E-state index contributed by atoms with van der Waals surface area (Å²) in [6.45, 7) is 2.44. The van der Waals surface area contributed by atoms with Crippen molar-refractivity contribution in [2.45, 2.75) is 24.5 Å². The quantitative estimate of drug-likeness (QED) is 0.930. The Morgan fingerprint density at radius 1 is 1.48 bits per heavy atom. The standard InChI is InChI=1S/C14H16N4O2S/c1-10(19)11-8-17(16-15-11)9-14(20)18-6-7-21-13-5-3-2-4-12(13)18/h2-5,8,10,19H,6-7,9H2,1H3. The summed E-state index contributed by atoms with van der Waals surface area (Å²) >= 11 is 1.76. The fourth-order valence-corrected chi connectivity index (χ4v) is 3.23. The Balaban J connectivity index is 1.77. The molecule has 21 heavy (non-hydrogen) atoms. The Morgan fingerprint density at radius 2 is 2.29 bits per heavy atom. The number of anilines is 1. The van der Waals surface area contributed by atoms with Gasteiger partial charge in [0.1, 0.15) is 12.2 Å². The molecule has 7 heteroatoms. The van der Waals surface area contributed by atoms with Crippen LogP contribution in [0.15, 0.2) is 35.4 Å². The summed E-state index contributed by atoms with van der Waals surface area (Å²) in [6, 6.07) is 7.90. The number of carbonyl (C=O) groups is 1. The fraction of sp³-hybridized carbons (Fsp3) is 0.357. The number of aliphatic hydroxyl groups is 1.